The van der Waals surface area contributed by atoms with Gasteiger partial charge in [0.1, 0.15) is 0 Å². The van der Waals surface area contributed by atoms with E-state index in [1.165, 1.54) is 12.1 Å². The maximum Gasteiger partial charge on any atom is 0.321 e. The quantitative estimate of drug-likeness (QED) is 0.696. The van der Waals surface area contributed by atoms with E-state index < -0.39 is 12.1 Å². The van der Waals surface area contributed by atoms with E-state index in [0.717, 1.165) is 11.8 Å². The van der Waals surface area contributed by atoms with Gasteiger partial charge < -0.3 is 0 Å². The minimum absolute atomic E-state index is 0.181. The Balaban J connectivity index is 3.14. The Morgan fingerprint density at radius 3 is 2.38 bits per heavy atom. The Kier molecular flexibility index (Phi) is 2.80. The van der Waals surface area contributed by atoms with Crippen molar-refractivity contribution in [3.05, 3.63) is 34.2 Å². The molecule has 1 aromatic rings. The SMILES string of the molecule is CC(C)c1ccn(C(F)F)c(=O)c1. The van der Waals surface area contributed by atoms with E-state index in [1.807, 2.05) is 13.8 Å². The zero-order valence-electron chi connectivity index (χ0n) is 7.50. The molecule has 0 aliphatic rings. The number of alkyl halides is 2. The number of halogens is 2. The number of aromatic nitrogens is 1. The van der Waals surface area contributed by atoms with E-state index in [4.69, 9.17) is 0 Å². The molecule has 0 aliphatic heterocycles. The molecule has 1 rings (SSSR count). The molecule has 13 heavy (non-hydrogen) atoms. The van der Waals surface area contributed by atoms with Crippen molar-refractivity contribution in [3.63, 3.8) is 0 Å². The summed E-state index contributed by atoms with van der Waals surface area (Å²) in [6.45, 7) is 1.05. The molecule has 0 bridgehead atoms. The molecule has 0 fully saturated rings. The lowest BCUT2D eigenvalue weighted by Gasteiger charge is -2.07. The van der Waals surface area contributed by atoms with Crippen molar-refractivity contribution in [1.29, 1.82) is 0 Å². The van der Waals surface area contributed by atoms with Crippen molar-refractivity contribution in [2.45, 2.75) is 26.3 Å². The molecule has 0 radical (unpaired) electrons. The number of nitrogens with zero attached hydrogens (tertiary/aromatic N) is 1. The maximum absolute atomic E-state index is 12.1. The molecule has 1 aromatic heterocycles. The number of rotatable bonds is 2. The molecule has 1 heterocycles. The zero-order valence-corrected chi connectivity index (χ0v) is 7.50. The third-order valence-electron chi connectivity index (χ3n) is 1.85. The van der Waals surface area contributed by atoms with Gasteiger partial charge in [-0.15, -0.1) is 0 Å². The minimum Gasteiger partial charge on any atom is -0.269 e. The second-order valence-electron chi connectivity index (χ2n) is 3.14. The van der Waals surface area contributed by atoms with Gasteiger partial charge in [0, 0.05) is 12.3 Å². The van der Waals surface area contributed by atoms with Crippen molar-refractivity contribution in [3.8, 4) is 0 Å². The first kappa shape index (κ1) is 9.89. The van der Waals surface area contributed by atoms with Crippen LogP contribution < -0.4 is 5.56 Å². The van der Waals surface area contributed by atoms with Crippen LogP contribution in [-0.2, 0) is 0 Å². The van der Waals surface area contributed by atoms with Crippen LogP contribution in [0.2, 0.25) is 0 Å². The first-order chi connectivity index (χ1) is 6.02. The summed E-state index contributed by atoms with van der Waals surface area (Å²) in [5, 5.41) is 0. The highest BCUT2D eigenvalue weighted by molar-refractivity contribution is 5.14. The van der Waals surface area contributed by atoms with Gasteiger partial charge >= 0.3 is 6.55 Å². The standard InChI is InChI=1S/C9H11F2NO/c1-6(2)7-3-4-12(9(10)11)8(13)5-7/h3-6,9H,1-2H3. The fourth-order valence-electron chi connectivity index (χ4n) is 1.03. The number of hydrogen-bond donors (Lipinski definition) is 0. The Bertz CT molecular complexity index is 344. The highest BCUT2D eigenvalue weighted by Gasteiger charge is 2.08. The Morgan fingerprint density at radius 2 is 2.00 bits per heavy atom. The average molecular weight is 187 g/mol. The van der Waals surface area contributed by atoms with Crippen molar-refractivity contribution in [2.24, 2.45) is 0 Å². The lowest BCUT2D eigenvalue weighted by atomic mass is 10.1. The van der Waals surface area contributed by atoms with Crippen LogP contribution in [0.1, 0.15) is 31.9 Å². The molecule has 2 nitrogen and oxygen atoms in total. The topological polar surface area (TPSA) is 22.0 Å². The molecule has 0 atom stereocenters. The number of pyridine rings is 1. The van der Waals surface area contributed by atoms with E-state index >= 15 is 0 Å². The second kappa shape index (κ2) is 3.68. The summed E-state index contributed by atoms with van der Waals surface area (Å²) in [6.07, 6.45) is 1.13. The smallest absolute Gasteiger partial charge is 0.269 e. The lowest BCUT2D eigenvalue weighted by Crippen LogP contribution is -2.19. The van der Waals surface area contributed by atoms with E-state index in [0.29, 0.717) is 4.57 Å². The Hall–Kier alpha value is -1.19. The normalized spacial score (nSPS) is 11.2. The van der Waals surface area contributed by atoms with Gasteiger partial charge in [-0.2, -0.15) is 8.78 Å². The van der Waals surface area contributed by atoms with Crippen LogP contribution in [0.4, 0.5) is 8.78 Å². The van der Waals surface area contributed by atoms with Crippen LogP contribution >= 0.6 is 0 Å². The van der Waals surface area contributed by atoms with Crippen LogP contribution in [-0.4, -0.2) is 4.57 Å². The van der Waals surface area contributed by atoms with Gasteiger partial charge in [-0.25, -0.2) is 0 Å². The summed E-state index contributed by atoms with van der Waals surface area (Å²) in [7, 11) is 0. The highest BCUT2D eigenvalue weighted by Crippen LogP contribution is 2.12. The number of hydrogen-bond acceptors (Lipinski definition) is 1. The highest BCUT2D eigenvalue weighted by atomic mass is 19.3. The summed E-state index contributed by atoms with van der Waals surface area (Å²) in [5.74, 6) is 0.181. The van der Waals surface area contributed by atoms with E-state index in [1.54, 1.807) is 0 Å². The summed E-state index contributed by atoms with van der Waals surface area (Å²) < 4.78 is 24.7. The van der Waals surface area contributed by atoms with Crippen molar-refractivity contribution in [2.75, 3.05) is 0 Å². The molecule has 4 heteroatoms. The van der Waals surface area contributed by atoms with Crippen LogP contribution in [0.5, 0.6) is 0 Å². The van der Waals surface area contributed by atoms with Gasteiger partial charge in [0.2, 0.25) is 0 Å². The van der Waals surface area contributed by atoms with Crippen LogP contribution in [0.25, 0.3) is 0 Å². The van der Waals surface area contributed by atoms with E-state index in [-0.39, 0.29) is 5.92 Å². The molecule has 0 saturated carbocycles. The lowest BCUT2D eigenvalue weighted by molar-refractivity contribution is 0.0662. The Labute approximate surface area is 74.8 Å². The fraction of sp³-hybridized carbons (Fsp3) is 0.444. The summed E-state index contributed by atoms with van der Waals surface area (Å²) >= 11 is 0. The Morgan fingerprint density at radius 1 is 1.38 bits per heavy atom. The molecule has 0 unspecified atom stereocenters. The van der Waals surface area contributed by atoms with Crippen molar-refractivity contribution < 1.29 is 8.78 Å². The first-order valence-corrected chi connectivity index (χ1v) is 4.02. The van der Waals surface area contributed by atoms with Gasteiger partial charge in [0.05, 0.1) is 0 Å². The van der Waals surface area contributed by atoms with Gasteiger partial charge in [-0.1, -0.05) is 13.8 Å². The van der Waals surface area contributed by atoms with Crippen LogP contribution in [0, 0.1) is 0 Å². The van der Waals surface area contributed by atoms with E-state index in [9.17, 15) is 13.6 Å². The van der Waals surface area contributed by atoms with Gasteiger partial charge in [-0.3, -0.25) is 9.36 Å². The molecule has 72 valence electrons. The largest absolute Gasteiger partial charge is 0.321 e. The zero-order chi connectivity index (χ0) is 10.0. The fourth-order valence-corrected chi connectivity index (χ4v) is 1.03. The van der Waals surface area contributed by atoms with Gasteiger partial charge in [0.15, 0.2) is 0 Å². The van der Waals surface area contributed by atoms with Gasteiger partial charge in [0.25, 0.3) is 5.56 Å². The average Bonchev–Trinajstić information content (AvgIpc) is 2.03. The molecule has 0 aromatic carbocycles. The molecular weight excluding hydrogens is 176 g/mol. The van der Waals surface area contributed by atoms with Crippen molar-refractivity contribution >= 4 is 0 Å². The molecule has 0 amide bonds. The summed E-state index contributed by atoms with van der Waals surface area (Å²) in [4.78, 5) is 11.1. The second-order valence-corrected chi connectivity index (χ2v) is 3.14. The molecule has 0 spiro atoms. The third kappa shape index (κ3) is 2.14. The molecular formula is C9H11F2NO. The van der Waals surface area contributed by atoms with Gasteiger partial charge in [-0.05, 0) is 17.5 Å². The monoisotopic (exact) mass is 187 g/mol. The first-order valence-electron chi connectivity index (χ1n) is 4.02. The van der Waals surface area contributed by atoms with Crippen molar-refractivity contribution in [1.82, 2.24) is 4.57 Å². The predicted octanol–water partition coefficient (Wildman–Crippen LogP) is 2.37. The summed E-state index contributed by atoms with van der Waals surface area (Å²) in [5.41, 5.74) is 0.128. The van der Waals surface area contributed by atoms with E-state index in [2.05, 4.69) is 0 Å². The molecule has 0 saturated heterocycles. The molecule has 0 aliphatic carbocycles. The van der Waals surface area contributed by atoms with Crippen LogP contribution in [0.15, 0.2) is 23.1 Å². The summed E-state index contributed by atoms with van der Waals surface area (Å²) in [6, 6.07) is 2.79. The predicted molar refractivity (Wildman–Crippen MR) is 46.0 cm³/mol. The minimum atomic E-state index is -2.76. The third-order valence-corrected chi connectivity index (χ3v) is 1.85. The van der Waals surface area contributed by atoms with Crippen LogP contribution in [0.3, 0.4) is 0 Å². The maximum atomic E-state index is 12.1. The molecule has 0 N–H and O–H groups in total.